The van der Waals surface area contributed by atoms with Crippen molar-refractivity contribution in [2.45, 2.75) is 11.3 Å². The third-order valence-electron chi connectivity index (χ3n) is 3.03. The number of aliphatic hydroxyl groups excluding tert-OH is 1. The van der Waals surface area contributed by atoms with Crippen LogP contribution in [0.3, 0.4) is 0 Å². The second-order valence-corrected chi connectivity index (χ2v) is 6.80. The number of benzene rings is 2. The van der Waals surface area contributed by atoms with Crippen molar-refractivity contribution in [2.75, 3.05) is 17.5 Å². The summed E-state index contributed by atoms with van der Waals surface area (Å²) in [4.78, 5) is -0.169. The second-order valence-electron chi connectivity index (χ2n) is 4.56. The van der Waals surface area contributed by atoms with Gasteiger partial charge in [0, 0.05) is 13.2 Å². The Kier molecular flexibility index (Phi) is 5.39. The molecule has 0 spiro atoms. The molecule has 1 N–H and O–H groups in total. The van der Waals surface area contributed by atoms with Gasteiger partial charge in [0.15, 0.2) is 0 Å². The van der Waals surface area contributed by atoms with E-state index in [1.165, 1.54) is 0 Å². The quantitative estimate of drug-likeness (QED) is 0.877. The minimum absolute atomic E-state index is 0.0938. The number of aliphatic hydroxyl groups is 1. The molecule has 2 aromatic rings. The number of para-hydroxylation sites is 1. The van der Waals surface area contributed by atoms with E-state index >= 15 is 0 Å². The van der Waals surface area contributed by atoms with Crippen molar-refractivity contribution < 1.29 is 17.9 Å². The molecule has 0 radical (unpaired) electrons. The lowest BCUT2D eigenvalue weighted by atomic mass is 10.3. The minimum Gasteiger partial charge on any atom is -0.396 e. The number of hydrogen-bond donors (Lipinski definition) is 1. The molecule has 0 heterocycles. The number of hydrogen-bond acceptors (Lipinski definition) is 3. The molecule has 118 valence electrons. The average molecular weight is 344 g/mol. The predicted octanol–water partition coefficient (Wildman–Crippen LogP) is 3.06. The SMILES string of the molecule is O=S(=O)(c1ccc(F)cc1Cl)N(CCCO)c1ccccc1. The van der Waals surface area contributed by atoms with E-state index in [-0.39, 0.29) is 29.5 Å². The van der Waals surface area contributed by atoms with Crippen molar-refractivity contribution >= 4 is 27.3 Å². The molecule has 0 amide bonds. The highest BCUT2D eigenvalue weighted by atomic mass is 35.5. The zero-order valence-electron chi connectivity index (χ0n) is 11.6. The van der Waals surface area contributed by atoms with Gasteiger partial charge in [-0.05, 0) is 36.8 Å². The first-order valence-electron chi connectivity index (χ1n) is 6.60. The van der Waals surface area contributed by atoms with E-state index in [9.17, 15) is 12.8 Å². The Morgan fingerprint density at radius 3 is 2.41 bits per heavy atom. The number of sulfonamides is 1. The highest BCUT2D eigenvalue weighted by molar-refractivity contribution is 7.93. The summed E-state index contributed by atoms with van der Waals surface area (Å²) in [5.74, 6) is -0.606. The second kappa shape index (κ2) is 7.09. The lowest BCUT2D eigenvalue weighted by Gasteiger charge is -2.24. The van der Waals surface area contributed by atoms with E-state index < -0.39 is 15.8 Å². The van der Waals surface area contributed by atoms with Gasteiger partial charge in [-0.15, -0.1) is 0 Å². The van der Waals surface area contributed by atoms with Crippen molar-refractivity contribution in [1.82, 2.24) is 0 Å². The highest BCUT2D eigenvalue weighted by Crippen LogP contribution is 2.29. The van der Waals surface area contributed by atoms with Gasteiger partial charge in [0.05, 0.1) is 10.7 Å². The molecule has 0 aliphatic carbocycles. The average Bonchev–Trinajstić information content (AvgIpc) is 2.48. The first-order chi connectivity index (χ1) is 10.5. The molecule has 0 aliphatic heterocycles. The zero-order valence-corrected chi connectivity index (χ0v) is 13.2. The van der Waals surface area contributed by atoms with Crippen LogP contribution in [0.2, 0.25) is 5.02 Å². The van der Waals surface area contributed by atoms with Crippen molar-refractivity contribution in [3.8, 4) is 0 Å². The summed E-state index contributed by atoms with van der Waals surface area (Å²) >= 11 is 5.88. The van der Waals surface area contributed by atoms with Crippen LogP contribution in [0.15, 0.2) is 53.4 Å². The van der Waals surface area contributed by atoms with Crippen LogP contribution in [-0.4, -0.2) is 26.7 Å². The Labute approximate surface area is 133 Å². The third kappa shape index (κ3) is 3.58. The Hall–Kier alpha value is -1.63. The fraction of sp³-hybridized carbons (Fsp3) is 0.200. The smallest absolute Gasteiger partial charge is 0.265 e. The van der Waals surface area contributed by atoms with Crippen molar-refractivity contribution in [3.05, 3.63) is 59.4 Å². The van der Waals surface area contributed by atoms with Gasteiger partial charge in [-0.2, -0.15) is 0 Å². The van der Waals surface area contributed by atoms with Crippen LogP contribution < -0.4 is 4.31 Å². The molecule has 0 saturated carbocycles. The number of nitrogens with zero attached hydrogens (tertiary/aromatic N) is 1. The Morgan fingerprint density at radius 1 is 1.14 bits per heavy atom. The van der Waals surface area contributed by atoms with Crippen LogP contribution in [-0.2, 0) is 10.0 Å². The third-order valence-corrected chi connectivity index (χ3v) is 5.34. The van der Waals surface area contributed by atoms with Crippen LogP contribution in [0.1, 0.15) is 6.42 Å². The van der Waals surface area contributed by atoms with Crippen LogP contribution >= 0.6 is 11.6 Å². The molecule has 0 saturated heterocycles. The van der Waals surface area contributed by atoms with Gasteiger partial charge in [0.25, 0.3) is 10.0 Å². The molecule has 0 unspecified atom stereocenters. The maximum atomic E-state index is 13.1. The summed E-state index contributed by atoms with van der Waals surface area (Å²) < 4.78 is 39.9. The molecular formula is C15H15ClFNO3S. The molecule has 4 nitrogen and oxygen atoms in total. The summed E-state index contributed by atoms with van der Waals surface area (Å²) in [6, 6.07) is 11.6. The molecular weight excluding hydrogens is 329 g/mol. The number of anilines is 1. The van der Waals surface area contributed by atoms with Crippen molar-refractivity contribution in [2.24, 2.45) is 0 Å². The van der Waals surface area contributed by atoms with Crippen LogP contribution in [0.4, 0.5) is 10.1 Å². The molecule has 2 aromatic carbocycles. The fourth-order valence-corrected chi connectivity index (χ4v) is 4.01. The largest absolute Gasteiger partial charge is 0.396 e. The number of halogens is 2. The summed E-state index contributed by atoms with van der Waals surface area (Å²) in [6.45, 7) is -0.0491. The van der Waals surface area contributed by atoms with E-state index in [0.717, 1.165) is 22.5 Å². The Balaban J connectivity index is 2.49. The maximum Gasteiger partial charge on any atom is 0.265 e. The van der Waals surface area contributed by atoms with E-state index in [0.29, 0.717) is 5.69 Å². The van der Waals surface area contributed by atoms with E-state index in [2.05, 4.69) is 0 Å². The molecule has 22 heavy (non-hydrogen) atoms. The maximum absolute atomic E-state index is 13.1. The number of rotatable bonds is 6. The highest BCUT2D eigenvalue weighted by Gasteiger charge is 2.27. The summed E-state index contributed by atoms with van der Waals surface area (Å²) in [6.07, 6.45) is 0.271. The Bertz CT molecular complexity index is 738. The van der Waals surface area contributed by atoms with Crippen molar-refractivity contribution in [3.63, 3.8) is 0 Å². The topological polar surface area (TPSA) is 57.6 Å². The van der Waals surface area contributed by atoms with Gasteiger partial charge < -0.3 is 5.11 Å². The monoisotopic (exact) mass is 343 g/mol. The molecule has 0 atom stereocenters. The molecule has 0 aromatic heterocycles. The van der Waals surface area contributed by atoms with Gasteiger partial charge >= 0.3 is 0 Å². The first kappa shape index (κ1) is 16.7. The van der Waals surface area contributed by atoms with Gasteiger partial charge in [-0.3, -0.25) is 4.31 Å². The Morgan fingerprint density at radius 2 is 1.82 bits per heavy atom. The van der Waals surface area contributed by atoms with Gasteiger partial charge in [-0.1, -0.05) is 29.8 Å². The van der Waals surface area contributed by atoms with E-state index in [1.807, 2.05) is 0 Å². The lowest BCUT2D eigenvalue weighted by molar-refractivity contribution is 0.291. The molecule has 2 rings (SSSR count). The van der Waals surface area contributed by atoms with Crippen LogP contribution in [0.5, 0.6) is 0 Å². The summed E-state index contributed by atoms with van der Waals surface area (Å²) in [5.41, 5.74) is 0.455. The van der Waals surface area contributed by atoms with E-state index in [4.69, 9.17) is 16.7 Å². The van der Waals surface area contributed by atoms with Gasteiger partial charge in [-0.25, -0.2) is 12.8 Å². The van der Waals surface area contributed by atoms with Gasteiger partial charge in [0.1, 0.15) is 10.7 Å². The molecule has 0 aliphatic rings. The fourth-order valence-electron chi connectivity index (χ4n) is 2.00. The van der Waals surface area contributed by atoms with E-state index in [1.54, 1.807) is 30.3 Å². The zero-order chi connectivity index (χ0) is 16.2. The standard InChI is InChI=1S/C15H15ClFNO3S/c16-14-11-12(17)7-8-15(14)22(20,21)18(9-4-10-19)13-5-2-1-3-6-13/h1-3,5-8,11,19H,4,9-10H2. The molecule has 7 heteroatoms. The molecule has 0 bridgehead atoms. The van der Waals surface area contributed by atoms with Crippen LogP contribution in [0, 0.1) is 5.82 Å². The predicted molar refractivity (Wildman–Crippen MR) is 84.1 cm³/mol. The minimum atomic E-state index is -3.95. The summed E-state index contributed by atoms with van der Waals surface area (Å²) in [7, 11) is -3.95. The summed E-state index contributed by atoms with van der Waals surface area (Å²) in [5, 5.41) is 8.82. The van der Waals surface area contributed by atoms with Crippen LogP contribution in [0.25, 0.3) is 0 Å². The first-order valence-corrected chi connectivity index (χ1v) is 8.42. The normalized spacial score (nSPS) is 11.4. The van der Waals surface area contributed by atoms with Crippen molar-refractivity contribution in [1.29, 1.82) is 0 Å². The lowest BCUT2D eigenvalue weighted by Crippen LogP contribution is -2.32. The van der Waals surface area contributed by atoms with Gasteiger partial charge in [0.2, 0.25) is 0 Å². The molecule has 0 fully saturated rings.